The van der Waals surface area contributed by atoms with Gasteiger partial charge in [-0.15, -0.1) is 13.2 Å². The molecule has 0 aliphatic carbocycles. The predicted octanol–water partition coefficient (Wildman–Crippen LogP) is 5.12. The lowest BCUT2D eigenvalue weighted by atomic mass is 9.70. The molecule has 9 nitrogen and oxygen atoms in total. The van der Waals surface area contributed by atoms with Crippen molar-refractivity contribution in [2.75, 3.05) is 42.6 Å². The van der Waals surface area contributed by atoms with Crippen LogP contribution in [-0.4, -0.2) is 78.3 Å². The molecule has 0 aromatic heterocycles. The van der Waals surface area contributed by atoms with Gasteiger partial charge in [-0.1, -0.05) is 42.5 Å². The molecule has 3 heterocycles. The molecule has 47 heavy (non-hydrogen) atoms. The third-order valence-electron chi connectivity index (χ3n) is 9.79. The summed E-state index contributed by atoms with van der Waals surface area (Å²) < 4.78 is 12.3. The van der Waals surface area contributed by atoms with E-state index in [1.165, 1.54) is 0 Å². The molecule has 3 aromatic rings. The average Bonchev–Trinajstić information content (AvgIpc) is 3.73. The molecule has 2 bridgehead atoms. The summed E-state index contributed by atoms with van der Waals surface area (Å²) in [5, 5.41) is 11.6. The number of hydrogen-bond donors (Lipinski definition) is 1. The minimum absolute atomic E-state index is 0.0207. The van der Waals surface area contributed by atoms with Crippen LogP contribution in [0.5, 0.6) is 5.75 Å². The van der Waals surface area contributed by atoms with E-state index in [1.807, 2.05) is 73.7 Å². The predicted molar refractivity (Wildman–Crippen MR) is 182 cm³/mol. The molecule has 3 aliphatic rings. The van der Waals surface area contributed by atoms with Crippen molar-refractivity contribution in [1.29, 1.82) is 0 Å². The van der Waals surface area contributed by atoms with E-state index < -0.39 is 29.6 Å². The first-order valence-corrected chi connectivity index (χ1v) is 16.5. The summed E-state index contributed by atoms with van der Waals surface area (Å²) in [5.41, 5.74) is 0.221. The Labute approximate surface area is 276 Å². The van der Waals surface area contributed by atoms with Gasteiger partial charge >= 0.3 is 0 Å². The number of ether oxygens (including phenoxy) is 2. The topological polar surface area (TPSA) is 99.6 Å². The minimum atomic E-state index is -1.15. The van der Waals surface area contributed by atoms with Crippen LogP contribution in [-0.2, 0) is 19.1 Å². The lowest BCUT2D eigenvalue weighted by Gasteiger charge is -2.37. The first-order chi connectivity index (χ1) is 22.9. The minimum Gasteiger partial charge on any atom is -0.494 e. The highest BCUT2D eigenvalue weighted by molar-refractivity contribution is 6.07. The van der Waals surface area contributed by atoms with E-state index in [2.05, 4.69) is 13.2 Å². The Morgan fingerprint density at radius 2 is 1.66 bits per heavy atom. The number of hydrogen-bond acceptors (Lipinski definition) is 6. The average molecular weight is 638 g/mol. The summed E-state index contributed by atoms with van der Waals surface area (Å²) in [6.45, 7) is 11.0. The molecule has 3 saturated heterocycles. The second-order valence-electron chi connectivity index (χ2n) is 12.5. The third kappa shape index (κ3) is 5.72. The van der Waals surface area contributed by atoms with Crippen LogP contribution in [0.1, 0.15) is 32.6 Å². The van der Waals surface area contributed by atoms with Crippen molar-refractivity contribution in [1.82, 2.24) is 4.90 Å². The van der Waals surface area contributed by atoms with Crippen molar-refractivity contribution in [3.63, 3.8) is 0 Å². The normalized spacial score (nSPS) is 24.3. The fraction of sp³-hybridized carbons (Fsp3) is 0.395. The summed E-state index contributed by atoms with van der Waals surface area (Å²) in [4.78, 5) is 48.8. The molecule has 2 unspecified atom stereocenters. The van der Waals surface area contributed by atoms with E-state index in [0.717, 1.165) is 10.8 Å². The van der Waals surface area contributed by atoms with Crippen molar-refractivity contribution in [3.8, 4) is 5.75 Å². The smallest absolute Gasteiger partial charge is 0.253 e. The monoisotopic (exact) mass is 637 g/mol. The van der Waals surface area contributed by atoms with Gasteiger partial charge in [0.25, 0.3) is 5.91 Å². The van der Waals surface area contributed by atoms with Gasteiger partial charge in [-0.05, 0) is 79.8 Å². The summed E-state index contributed by atoms with van der Waals surface area (Å²) in [7, 11) is 0. The van der Waals surface area contributed by atoms with Crippen LogP contribution in [0.25, 0.3) is 10.8 Å². The highest BCUT2D eigenvalue weighted by atomic mass is 16.5. The van der Waals surface area contributed by atoms with Crippen molar-refractivity contribution < 1.29 is 29.0 Å². The fourth-order valence-electron chi connectivity index (χ4n) is 7.81. The number of aliphatic hydroxyl groups excluding tert-OH is 1. The highest BCUT2D eigenvalue weighted by Crippen LogP contribution is 2.59. The SMILES string of the molecule is C=CCN(C(=O)C1N(CCCCO)C(=O)[C@@H]2[C@H](C(=O)N(CC=C)c3ccc(OCC)cc3)[C@@H]3CCC12O3)c1ccc2ccccc2c1. The standard InChI is InChI=1S/C38H43N3O6/c1-4-21-39(28-15-17-30(18-16-28)46-6-3)35(43)32-31-19-20-38(47-31)33(32)36(44)41(23-9-10-24-42)34(38)37(45)40(22-5-2)29-14-13-26-11-7-8-12-27(26)25-29/h4-5,7-8,11-18,25,31-34,42H,1-2,6,9-10,19-24H2,3H3/t31-,32+,33-,34?,38?/m0/s1. The summed E-state index contributed by atoms with van der Waals surface area (Å²) >= 11 is 0. The number of amides is 3. The zero-order valence-corrected chi connectivity index (χ0v) is 26.9. The quantitative estimate of drug-likeness (QED) is 0.195. The number of carbonyl (C=O) groups excluding carboxylic acids is 3. The lowest BCUT2D eigenvalue weighted by molar-refractivity contribution is -0.140. The number of unbranched alkanes of at least 4 members (excludes halogenated alkanes) is 1. The molecule has 3 aliphatic heterocycles. The van der Waals surface area contributed by atoms with Gasteiger partial charge in [-0.2, -0.15) is 0 Å². The number of likely N-dealkylation sites (tertiary alicyclic amines) is 1. The van der Waals surface area contributed by atoms with Gasteiger partial charge in [0.15, 0.2) is 0 Å². The van der Waals surface area contributed by atoms with Gasteiger partial charge in [0.1, 0.15) is 17.4 Å². The van der Waals surface area contributed by atoms with E-state index in [1.54, 1.807) is 26.9 Å². The molecular formula is C38H43N3O6. The zero-order valence-electron chi connectivity index (χ0n) is 26.9. The second kappa shape index (κ2) is 13.7. The van der Waals surface area contributed by atoms with Gasteiger partial charge in [-0.3, -0.25) is 14.4 Å². The first kappa shape index (κ1) is 32.5. The van der Waals surface area contributed by atoms with E-state index in [0.29, 0.717) is 49.4 Å². The van der Waals surface area contributed by atoms with E-state index in [-0.39, 0.29) is 44.0 Å². The largest absolute Gasteiger partial charge is 0.494 e. The van der Waals surface area contributed by atoms with Crippen LogP contribution in [0.4, 0.5) is 11.4 Å². The van der Waals surface area contributed by atoms with E-state index >= 15 is 0 Å². The lowest BCUT2D eigenvalue weighted by Crippen LogP contribution is -2.56. The molecule has 3 aromatic carbocycles. The summed E-state index contributed by atoms with van der Waals surface area (Å²) in [5.74, 6) is -1.60. The molecule has 3 fully saturated rings. The molecule has 1 spiro atoms. The maximum atomic E-state index is 14.8. The number of fused-ring (bicyclic) bond motifs is 2. The van der Waals surface area contributed by atoms with Crippen LogP contribution in [0, 0.1) is 11.8 Å². The number of nitrogens with zero attached hydrogens (tertiary/aromatic N) is 3. The molecule has 0 radical (unpaired) electrons. The number of aliphatic hydroxyl groups is 1. The van der Waals surface area contributed by atoms with Crippen molar-refractivity contribution in [2.45, 2.75) is 50.4 Å². The van der Waals surface area contributed by atoms with Crippen LogP contribution in [0.3, 0.4) is 0 Å². The molecule has 6 rings (SSSR count). The van der Waals surface area contributed by atoms with E-state index in [4.69, 9.17) is 9.47 Å². The number of rotatable bonds is 14. The van der Waals surface area contributed by atoms with Crippen LogP contribution >= 0.6 is 0 Å². The first-order valence-electron chi connectivity index (χ1n) is 16.5. The van der Waals surface area contributed by atoms with Crippen LogP contribution < -0.4 is 14.5 Å². The van der Waals surface area contributed by atoms with Gasteiger partial charge in [0.2, 0.25) is 11.8 Å². The number of anilines is 2. The fourth-order valence-corrected chi connectivity index (χ4v) is 7.81. The van der Waals surface area contributed by atoms with Gasteiger partial charge in [0, 0.05) is 37.6 Å². The second-order valence-corrected chi connectivity index (χ2v) is 12.5. The molecule has 9 heteroatoms. The maximum absolute atomic E-state index is 14.8. The van der Waals surface area contributed by atoms with Crippen molar-refractivity contribution >= 4 is 39.9 Å². The van der Waals surface area contributed by atoms with Crippen molar-refractivity contribution in [3.05, 3.63) is 92.0 Å². The highest BCUT2D eigenvalue weighted by Gasteiger charge is 2.75. The molecule has 3 amide bonds. The Balaban J connectivity index is 1.37. The van der Waals surface area contributed by atoms with Gasteiger partial charge in [-0.25, -0.2) is 0 Å². The summed E-state index contributed by atoms with van der Waals surface area (Å²) in [6, 6.07) is 20.2. The third-order valence-corrected chi connectivity index (χ3v) is 9.79. The summed E-state index contributed by atoms with van der Waals surface area (Å²) in [6.07, 6.45) is 4.92. The van der Waals surface area contributed by atoms with Crippen LogP contribution in [0.15, 0.2) is 92.0 Å². The van der Waals surface area contributed by atoms with Gasteiger partial charge < -0.3 is 29.3 Å². The Kier molecular flexibility index (Phi) is 9.47. The molecule has 246 valence electrons. The van der Waals surface area contributed by atoms with Crippen molar-refractivity contribution in [2.24, 2.45) is 11.8 Å². The maximum Gasteiger partial charge on any atom is 0.253 e. The van der Waals surface area contributed by atoms with E-state index in [9.17, 15) is 19.5 Å². The Bertz CT molecular complexity index is 1660. The Morgan fingerprint density at radius 1 is 0.979 bits per heavy atom. The number of benzene rings is 3. The number of carbonyl (C=O) groups is 3. The van der Waals surface area contributed by atoms with Crippen LogP contribution in [0.2, 0.25) is 0 Å². The zero-order chi connectivity index (χ0) is 33.1. The molecule has 1 N–H and O–H groups in total. The Morgan fingerprint density at radius 3 is 2.34 bits per heavy atom. The molecule has 5 atom stereocenters. The molecular weight excluding hydrogens is 594 g/mol. The molecule has 0 saturated carbocycles. The van der Waals surface area contributed by atoms with Gasteiger partial charge in [0.05, 0.1) is 24.5 Å². The Hall–Kier alpha value is -4.47.